The minimum atomic E-state index is -3.87. The Morgan fingerprint density at radius 3 is 2.35 bits per heavy atom. The molecule has 2 aromatic rings. The van der Waals surface area contributed by atoms with Crippen molar-refractivity contribution in [3.05, 3.63) is 62.7 Å². The maximum Gasteiger partial charge on any atom is 0.270 e. The van der Waals surface area contributed by atoms with Crippen LogP contribution in [0.25, 0.3) is 0 Å². The summed E-state index contributed by atoms with van der Waals surface area (Å²) in [5.41, 5.74) is 1.69. The number of hydrogen-bond donors (Lipinski definition) is 1. The van der Waals surface area contributed by atoms with Crippen molar-refractivity contribution in [1.29, 1.82) is 0 Å². The van der Waals surface area contributed by atoms with Crippen LogP contribution >= 0.6 is 11.6 Å². The van der Waals surface area contributed by atoms with E-state index in [1.165, 1.54) is 16.4 Å². The van der Waals surface area contributed by atoms with E-state index in [1.807, 2.05) is 17.9 Å². The number of nitro benzene ring substituents is 1. The molecule has 1 saturated heterocycles. The number of sulfonamides is 1. The van der Waals surface area contributed by atoms with Crippen LogP contribution in [0.1, 0.15) is 11.1 Å². The molecule has 166 valence electrons. The fraction of sp³-hybridized carbons (Fsp3) is 0.350. The van der Waals surface area contributed by atoms with Crippen LogP contribution in [0.5, 0.6) is 0 Å². The number of aryl methyl sites for hydroxylation is 2. The molecule has 1 fully saturated rings. The van der Waals surface area contributed by atoms with Crippen LogP contribution in [-0.2, 0) is 14.8 Å². The molecule has 1 aliphatic rings. The van der Waals surface area contributed by atoms with Crippen LogP contribution in [0.2, 0.25) is 5.02 Å². The van der Waals surface area contributed by atoms with Gasteiger partial charge in [-0.3, -0.25) is 19.8 Å². The van der Waals surface area contributed by atoms with E-state index >= 15 is 0 Å². The number of piperazine rings is 1. The molecule has 2 aromatic carbocycles. The van der Waals surface area contributed by atoms with E-state index in [0.717, 1.165) is 11.6 Å². The van der Waals surface area contributed by atoms with Crippen LogP contribution < -0.4 is 5.32 Å². The van der Waals surface area contributed by atoms with Crippen molar-refractivity contribution in [1.82, 2.24) is 9.21 Å². The number of non-ortho nitro benzene ring substituents is 1. The minimum absolute atomic E-state index is 0.0656. The molecule has 0 saturated carbocycles. The molecule has 0 unspecified atom stereocenters. The molecule has 31 heavy (non-hydrogen) atoms. The Hall–Kier alpha value is -2.53. The number of rotatable bonds is 6. The molecule has 0 radical (unpaired) electrons. The predicted molar refractivity (Wildman–Crippen MR) is 118 cm³/mol. The lowest BCUT2D eigenvalue weighted by Gasteiger charge is -2.33. The number of anilines is 1. The van der Waals surface area contributed by atoms with Gasteiger partial charge < -0.3 is 5.32 Å². The van der Waals surface area contributed by atoms with Gasteiger partial charge in [0.05, 0.1) is 16.4 Å². The van der Waals surface area contributed by atoms with Gasteiger partial charge in [-0.15, -0.1) is 0 Å². The number of benzene rings is 2. The van der Waals surface area contributed by atoms with Gasteiger partial charge in [-0.2, -0.15) is 4.31 Å². The zero-order valence-electron chi connectivity index (χ0n) is 17.2. The van der Waals surface area contributed by atoms with Crippen LogP contribution in [0, 0.1) is 24.0 Å². The quantitative estimate of drug-likeness (QED) is 0.517. The second-order valence-electron chi connectivity index (χ2n) is 7.40. The molecule has 11 heteroatoms. The first-order valence-electron chi connectivity index (χ1n) is 9.61. The number of nitro groups is 1. The first kappa shape index (κ1) is 23.1. The highest BCUT2D eigenvalue weighted by atomic mass is 35.5. The number of amides is 1. The molecule has 9 nitrogen and oxygen atoms in total. The molecule has 1 aliphatic heterocycles. The molecule has 0 aliphatic carbocycles. The Morgan fingerprint density at radius 1 is 1.10 bits per heavy atom. The Morgan fingerprint density at radius 2 is 1.74 bits per heavy atom. The van der Waals surface area contributed by atoms with E-state index in [0.29, 0.717) is 29.4 Å². The highest BCUT2D eigenvalue weighted by Crippen LogP contribution is 2.25. The fourth-order valence-corrected chi connectivity index (χ4v) is 5.17. The average molecular weight is 467 g/mol. The van der Waals surface area contributed by atoms with Gasteiger partial charge in [0.15, 0.2) is 0 Å². The number of halogens is 1. The summed E-state index contributed by atoms with van der Waals surface area (Å²) in [5, 5.41) is 14.4. The molecule has 1 heterocycles. The molecule has 0 atom stereocenters. The third-order valence-corrected chi connectivity index (χ3v) is 7.60. The molecule has 0 bridgehead atoms. The summed E-state index contributed by atoms with van der Waals surface area (Å²) in [7, 11) is -3.87. The van der Waals surface area contributed by atoms with Crippen LogP contribution in [0.15, 0.2) is 41.3 Å². The topological polar surface area (TPSA) is 113 Å². The summed E-state index contributed by atoms with van der Waals surface area (Å²) in [6.45, 7) is 4.72. The summed E-state index contributed by atoms with van der Waals surface area (Å²) in [6.07, 6.45) is 0. The molecular formula is C20H23ClN4O5S. The highest BCUT2D eigenvalue weighted by Gasteiger charge is 2.31. The highest BCUT2D eigenvalue weighted by molar-refractivity contribution is 7.89. The SMILES string of the molecule is Cc1ccc(NC(=O)CN2CCN(S(=O)(=O)c3cc([N+](=O)[O-])ccc3C)CC2)cc1Cl. The van der Waals surface area contributed by atoms with Gasteiger partial charge in [0.1, 0.15) is 0 Å². The van der Waals surface area contributed by atoms with Gasteiger partial charge in [-0.1, -0.05) is 23.7 Å². The van der Waals surface area contributed by atoms with Gasteiger partial charge >= 0.3 is 0 Å². The largest absolute Gasteiger partial charge is 0.325 e. The minimum Gasteiger partial charge on any atom is -0.325 e. The van der Waals surface area contributed by atoms with E-state index in [4.69, 9.17) is 11.6 Å². The standard InChI is InChI=1S/C20H23ClN4O5S/c1-14-3-5-16(11-18(14)21)22-20(26)13-23-7-9-24(10-8-23)31(29,30)19-12-17(25(27)28)6-4-15(19)2/h3-6,11-12H,7-10,13H2,1-2H3,(H,22,26). The lowest BCUT2D eigenvalue weighted by molar-refractivity contribution is -0.385. The molecule has 1 N–H and O–H groups in total. The lowest BCUT2D eigenvalue weighted by atomic mass is 10.2. The predicted octanol–water partition coefficient (Wildman–Crippen LogP) is 2.81. The molecule has 0 spiro atoms. The third kappa shape index (κ3) is 5.40. The van der Waals surface area contributed by atoms with E-state index in [1.54, 1.807) is 19.1 Å². The van der Waals surface area contributed by atoms with E-state index in [2.05, 4.69) is 5.32 Å². The van der Waals surface area contributed by atoms with Gasteiger partial charge in [0, 0.05) is 49.0 Å². The maximum atomic E-state index is 13.0. The second-order valence-corrected chi connectivity index (χ2v) is 9.71. The van der Waals surface area contributed by atoms with Crippen molar-refractivity contribution in [3.8, 4) is 0 Å². The monoisotopic (exact) mass is 466 g/mol. The zero-order chi connectivity index (χ0) is 22.8. The first-order valence-corrected chi connectivity index (χ1v) is 11.4. The number of nitrogens with one attached hydrogen (secondary N) is 1. The van der Waals surface area contributed by atoms with E-state index < -0.39 is 14.9 Å². The smallest absolute Gasteiger partial charge is 0.270 e. The van der Waals surface area contributed by atoms with Crippen molar-refractivity contribution >= 4 is 38.9 Å². The molecule has 1 amide bonds. The summed E-state index contributed by atoms with van der Waals surface area (Å²) < 4.78 is 27.3. The van der Waals surface area contributed by atoms with Gasteiger partial charge in [-0.25, -0.2) is 8.42 Å². The Labute approximate surface area is 185 Å². The fourth-order valence-electron chi connectivity index (χ4n) is 3.32. The van der Waals surface area contributed by atoms with Crippen molar-refractivity contribution in [2.24, 2.45) is 0 Å². The van der Waals surface area contributed by atoms with Crippen LogP contribution in [-0.4, -0.2) is 61.2 Å². The third-order valence-electron chi connectivity index (χ3n) is 5.15. The number of carbonyl (C=O) groups excluding carboxylic acids is 1. The van der Waals surface area contributed by atoms with Gasteiger partial charge in [0.2, 0.25) is 15.9 Å². The zero-order valence-corrected chi connectivity index (χ0v) is 18.7. The summed E-state index contributed by atoms with van der Waals surface area (Å²) in [6, 6.07) is 9.08. The Kier molecular flexibility index (Phi) is 6.95. The lowest BCUT2D eigenvalue weighted by Crippen LogP contribution is -2.50. The van der Waals surface area contributed by atoms with E-state index in [-0.39, 0.29) is 36.1 Å². The van der Waals surface area contributed by atoms with Crippen molar-refractivity contribution in [2.45, 2.75) is 18.7 Å². The van der Waals surface area contributed by atoms with Crippen molar-refractivity contribution in [2.75, 3.05) is 38.0 Å². The van der Waals surface area contributed by atoms with Gasteiger partial charge in [0.25, 0.3) is 5.69 Å². The van der Waals surface area contributed by atoms with E-state index in [9.17, 15) is 23.3 Å². The molecule has 0 aromatic heterocycles. The molecular weight excluding hydrogens is 444 g/mol. The van der Waals surface area contributed by atoms with Crippen molar-refractivity contribution < 1.29 is 18.1 Å². The second kappa shape index (κ2) is 9.31. The average Bonchev–Trinajstić information content (AvgIpc) is 2.71. The van der Waals surface area contributed by atoms with Crippen molar-refractivity contribution in [3.63, 3.8) is 0 Å². The maximum absolute atomic E-state index is 13.0. The summed E-state index contributed by atoms with van der Waals surface area (Å²) in [5.74, 6) is -0.217. The number of carbonyl (C=O) groups is 1. The summed E-state index contributed by atoms with van der Waals surface area (Å²) >= 11 is 6.08. The number of nitrogens with zero attached hydrogens (tertiary/aromatic N) is 3. The Balaban J connectivity index is 1.61. The first-order chi connectivity index (χ1) is 14.6. The number of hydrogen-bond acceptors (Lipinski definition) is 6. The van der Waals surface area contributed by atoms with Crippen LogP contribution in [0.4, 0.5) is 11.4 Å². The van der Waals surface area contributed by atoms with Gasteiger partial charge in [-0.05, 0) is 37.1 Å². The molecule has 3 rings (SSSR count). The normalized spacial score (nSPS) is 15.6. The van der Waals surface area contributed by atoms with Crippen LogP contribution in [0.3, 0.4) is 0 Å². The Bertz CT molecular complexity index is 1110. The summed E-state index contributed by atoms with van der Waals surface area (Å²) in [4.78, 5) is 24.5.